The summed E-state index contributed by atoms with van der Waals surface area (Å²) in [5.41, 5.74) is 3.30. The molecule has 9 nitrogen and oxygen atoms in total. The molecule has 0 bridgehead atoms. The lowest BCUT2D eigenvalue weighted by Gasteiger charge is -2.22. The molecular formula is C28H29N5O4. The van der Waals surface area contributed by atoms with Crippen LogP contribution in [0.15, 0.2) is 66.4 Å². The Morgan fingerprint density at radius 3 is 2.54 bits per heavy atom. The van der Waals surface area contributed by atoms with Gasteiger partial charge in [0.1, 0.15) is 12.0 Å². The number of nitrogens with zero attached hydrogens (tertiary/aromatic N) is 4. The fourth-order valence-corrected chi connectivity index (χ4v) is 4.29. The molecule has 37 heavy (non-hydrogen) atoms. The van der Waals surface area contributed by atoms with Crippen molar-refractivity contribution in [2.75, 3.05) is 18.5 Å². The highest BCUT2D eigenvalue weighted by Crippen LogP contribution is 2.34. The number of aromatic nitrogens is 2. The zero-order valence-electron chi connectivity index (χ0n) is 21.4. The Balaban J connectivity index is 1.64. The minimum Gasteiger partial charge on any atom is -0.338 e. The van der Waals surface area contributed by atoms with Crippen molar-refractivity contribution < 1.29 is 14.4 Å². The molecule has 4 rings (SSSR count). The maximum Gasteiger partial charge on any atom is 0.272 e. The van der Waals surface area contributed by atoms with Gasteiger partial charge in [-0.1, -0.05) is 31.4 Å². The van der Waals surface area contributed by atoms with Gasteiger partial charge in [0.2, 0.25) is 5.91 Å². The van der Waals surface area contributed by atoms with Crippen molar-refractivity contribution in [3.63, 3.8) is 0 Å². The fraction of sp³-hybridized carbons (Fsp3) is 0.250. The van der Waals surface area contributed by atoms with Gasteiger partial charge >= 0.3 is 0 Å². The van der Waals surface area contributed by atoms with Crippen LogP contribution in [-0.2, 0) is 20.8 Å². The van der Waals surface area contributed by atoms with Crippen LogP contribution in [0.1, 0.15) is 26.3 Å². The molecule has 0 saturated heterocycles. The second-order valence-corrected chi connectivity index (χ2v) is 9.27. The number of hydrogen-bond donors (Lipinski definition) is 1. The van der Waals surface area contributed by atoms with E-state index in [0.29, 0.717) is 17.4 Å². The SMILES string of the molecule is C=C(NC(=O)C(=C)n1cnc2c(-c3ccc4c(c3)CCN4C(C)=O)cccc2c1=O)C(=O)N(C)C(C)C. The van der Waals surface area contributed by atoms with E-state index in [1.165, 1.54) is 11.2 Å². The Labute approximate surface area is 214 Å². The zero-order chi connectivity index (χ0) is 27.0. The average molecular weight is 500 g/mol. The first-order chi connectivity index (χ1) is 17.5. The lowest BCUT2D eigenvalue weighted by atomic mass is 9.99. The molecule has 0 atom stereocenters. The molecule has 0 unspecified atom stereocenters. The Morgan fingerprint density at radius 2 is 1.86 bits per heavy atom. The highest BCUT2D eigenvalue weighted by atomic mass is 16.2. The molecule has 1 N–H and O–H groups in total. The van der Waals surface area contributed by atoms with Crippen molar-refractivity contribution in [1.29, 1.82) is 0 Å². The van der Waals surface area contributed by atoms with Gasteiger partial charge in [-0.3, -0.25) is 23.7 Å². The largest absolute Gasteiger partial charge is 0.338 e. The number of carbonyl (C=O) groups is 3. The summed E-state index contributed by atoms with van der Waals surface area (Å²) >= 11 is 0. The van der Waals surface area contributed by atoms with Gasteiger partial charge in [-0.05, 0) is 49.6 Å². The van der Waals surface area contributed by atoms with Crippen LogP contribution in [-0.4, -0.2) is 51.8 Å². The molecule has 3 aromatic rings. The average Bonchev–Trinajstić information content (AvgIpc) is 3.31. The Bertz CT molecular complexity index is 1540. The van der Waals surface area contributed by atoms with Crippen LogP contribution >= 0.6 is 0 Å². The summed E-state index contributed by atoms with van der Waals surface area (Å²) in [6, 6.07) is 11.0. The highest BCUT2D eigenvalue weighted by molar-refractivity contribution is 6.15. The summed E-state index contributed by atoms with van der Waals surface area (Å²) in [6.45, 7) is 13.2. The minimum atomic E-state index is -0.733. The standard InChI is InChI=1S/C28H29N5O4/c1-16(2)31(6)27(36)17(3)30-26(35)18(4)33-15-29-25-22(8-7-9-23(25)28(33)37)20-10-11-24-21(14-20)12-13-32(24)19(5)34/h7-11,14-16H,3-4,12-13H2,1-2,5-6H3,(H,30,35). The molecule has 1 aliphatic rings. The van der Waals surface area contributed by atoms with Crippen molar-refractivity contribution in [1.82, 2.24) is 19.8 Å². The number of amides is 3. The Hall–Kier alpha value is -4.53. The summed E-state index contributed by atoms with van der Waals surface area (Å²) in [5.74, 6) is -1.17. The molecule has 0 radical (unpaired) electrons. The Morgan fingerprint density at radius 1 is 1.14 bits per heavy atom. The quantitative estimate of drug-likeness (QED) is 0.525. The molecule has 0 saturated carbocycles. The highest BCUT2D eigenvalue weighted by Gasteiger charge is 2.23. The first-order valence-electron chi connectivity index (χ1n) is 11.9. The number of likely N-dealkylation sites (N-methyl/N-ethyl adjacent to an activating group) is 1. The van der Waals surface area contributed by atoms with Crippen LogP contribution in [0.25, 0.3) is 27.7 Å². The first-order valence-corrected chi connectivity index (χ1v) is 11.9. The van der Waals surface area contributed by atoms with Crippen LogP contribution in [0.5, 0.6) is 0 Å². The van der Waals surface area contributed by atoms with Gasteiger partial charge < -0.3 is 15.1 Å². The van der Waals surface area contributed by atoms with Crippen LogP contribution in [0.4, 0.5) is 5.69 Å². The fourth-order valence-electron chi connectivity index (χ4n) is 4.29. The lowest BCUT2D eigenvalue weighted by Crippen LogP contribution is -2.40. The molecule has 0 spiro atoms. The number of para-hydroxylation sites is 1. The van der Waals surface area contributed by atoms with E-state index in [1.54, 1.807) is 31.0 Å². The molecule has 0 fully saturated rings. The van der Waals surface area contributed by atoms with E-state index < -0.39 is 17.4 Å². The molecule has 9 heteroatoms. The van der Waals surface area contributed by atoms with Crippen molar-refractivity contribution in [3.05, 3.63) is 77.5 Å². The monoisotopic (exact) mass is 499 g/mol. The summed E-state index contributed by atoms with van der Waals surface area (Å²) in [5, 5.41) is 2.74. The van der Waals surface area contributed by atoms with Gasteiger partial charge in [0.05, 0.1) is 16.6 Å². The molecule has 0 aliphatic carbocycles. The third-order valence-electron chi connectivity index (χ3n) is 6.62. The second kappa shape index (κ2) is 9.85. The van der Waals surface area contributed by atoms with E-state index in [4.69, 9.17) is 0 Å². The van der Waals surface area contributed by atoms with E-state index in [2.05, 4.69) is 23.5 Å². The van der Waals surface area contributed by atoms with Gasteiger partial charge in [0, 0.05) is 37.8 Å². The predicted octanol–water partition coefficient (Wildman–Crippen LogP) is 2.94. The molecule has 2 aromatic carbocycles. The van der Waals surface area contributed by atoms with E-state index in [-0.39, 0.29) is 23.3 Å². The van der Waals surface area contributed by atoms with Gasteiger partial charge in [-0.25, -0.2) is 4.98 Å². The molecule has 190 valence electrons. The third kappa shape index (κ3) is 4.67. The van der Waals surface area contributed by atoms with Crippen LogP contribution in [0.3, 0.4) is 0 Å². The maximum absolute atomic E-state index is 13.3. The molecule has 1 aliphatic heterocycles. The maximum atomic E-state index is 13.3. The predicted molar refractivity (Wildman–Crippen MR) is 144 cm³/mol. The van der Waals surface area contributed by atoms with Crippen LogP contribution < -0.4 is 15.8 Å². The second-order valence-electron chi connectivity index (χ2n) is 9.27. The van der Waals surface area contributed by atoms with Gasteiger partial charge in [-0.2, -0.15) is 0 Å². The van der Waals surface area contributed by atoms with Crippen molar-refractivity contribution >= 4 is 40.0 Å². The van der Waals surface area contributed by atoms with E-state index in [9.17, 15) is 19.2 Å². The van der Waals surface area contributed by atoms with E-state index in [1.807, 2.05) is 38.1 Å². The molecule has 2 heterocycles. The number of anilines is 1. The number of rotatable bonds is 6. The summed E-state index contributed by atoms with van der Waals surface area (Å²) in [7, 11) is 1.61. The number of carbonyl (C=O) groups excluding carboxylic acids is 3. The van der Waals surface area contributed by atoms with Gasteiger partial charge in [0.25, 0.3) is 17.4 Å². The Kier molecular flexibility index (Phi) is 6.80. The third-order valence-corrected chi connectivity index (χ3v) is 6.62. The van der Waals surface area contributed by atoms with Crippen molar-refractivity contribution in [3.8, 4) is 11.1 Å². The van der Waals surface area contributed by atoms with Crippen molar-refractivity contribution in [2.24, 2.45) is 0 Å². The summed E-state index contributed by atoms with van der Waals surface area (Å²) in [6.07, 6.45) is 2.01. The number of nitrogens with one attached hydrogen (secondary N) is 1. The zero-order valence-corrected chi connectivity index (χ0v) is 21.4. The van der Waals surface area contributed by atoms with E-state index in [0.717, 1.165) is 33.4 Å². The van der Waals surface area contributed by atoms with Gasteiger partial charge in [-0.15, -0.1) is 0 Å². The van der Waals surface area contributed by atoms with Crippen LogP contribution in [0, 0.1) is 0 Å². The smallest absolute Gasteiger partial charge is 0.272 e. The van der Waals surface area contributed by atoms with E-state index >= 15 is 0 Å². The summed E-state index contributed by atoms with van der Waals surface area (Å²) < 4.78 is 1.05. The number of benzene rings is 2. The first kappa shape index (κ1) is 25.6. The minimum absolute atomic E-state index is 0.00280. The normalized spacial score (nSPS) is 12.4. The lowest BCUT2D eigenvalue weighted by molar-refractivity contribution is -0.129. The summed E-state index contributed by atoms with van der Waals surface area (Å²) in [4.78, 5) is 58.0. The topological polar surface area (TPSA) is 105 Å². The molecule has 3 amide bonds. The molecular weight excluding hydrogens is 470 g/mol. The number of fused-ring (bicyclic) bond motifs is 2. The van der Waals surface area contributed by atoms with Crippen LogP contribution in [0.2, 0.25) is 0 Å². The molecule has 1 aromatic heterocycles. The van der Waals surface area contributed by atoms with Crippen molar-refractivity contribution in [2.45, 2.75) is 33.2 Å². The van der Waals surface area contributed by atoms with Gasteiger partial charge in [0.15, 0.2) is 0 Å². The number of hydrogen-bond acceptors (Lipinski definition) is 5.